The van der Waals surface area contributed by atoms with Crippen LogP contribution in [-0.4, -0.2) is 10.6 Å². The smallest absolute Gasteiger partial charge is 0.179 e. The van der Waals surface area contributed by atoms with Crippen LogP contribution in [0, 0.1) is 9.39 Å². The summed E-state index contributed by atoms with van der Waals surface area (Å²) >= 11 is 4.98. The van der Waals surface area contributed by atoms with E-state index >= 15 is 0 Å². The molecule has 70 valence electrons. The van der Waals surface area contributed by atoms with Crippen molar-refractivity contribution in [2.45, 2.75) is 11.8 Å². The average Bonchev–Trinajstić information content (AvgIpc) is 2.08. The first kappa shape index (κ1) is 11.1. The Balaban J connectivity index is 3.15. The third kappa shape index (κ3) is 2.49. The van der Waals surface area contributed by atoms with Gasteiger partial charge in [0.05, 0.1) is 10.4 Å². The van der Waals surface area contributed by atoms with Gasteiger partial charge >= 0.3 is 0 Å². The zero-order chi connectivity index (χ0) is 10.0. The zero-order valence-electron chi connectivity index (χ0n) is 6.85. The Labute approximate surface area is 98.0 Å². The van der Waals surface area contributed by atoms with Gasteiger partial charge in [-0.05, 0) is 41.6 Å². The van der Waals surface area contributed by atoms with E-state index in [0.29, 0.717) is 3.57 Å². The van der Waals surface area contributed by atoms with Gasteiger partial charge in [0.15, 0.2) is 5.78 Å². The summed E-state index contributed by atoms with van der Waals surface area (Å²) in [5.41, 5.74) is 0.149. The van der Waals surface area contributed by atoms with Gasteiger partial charge in [-0.3, -0.25) is 4.79 Å². The number of Topliss-reactive ketones (excluding diaryl/α,β-unsaturated/α-hetero) is 1. The number of hydrogen-bond acceptors (Lipinski definition) is 1. The van der Waals surface area contributed by atoms with Gasteiger partial charge in [-0.25, -0.2) is 4.39 Å². The van der Waals surface area contributed by atoms with Crippen molar-refractivity contribution < 1.29 is 9.18 Å². The maximum absolute atomic E-state index is 13.4. The molecule has 0 spiro atoms. The summed E-state index contributed by atoms with van der Waals surface area (Å²) in [5, 5.41) is 0. The summed E-state index contributed by atoms with van der Waals surface area (Å²) in [7, 11) is 0. The van der Waals surface area contributed by atoms with Crippen molar-refractivity contribution in [3.05, 3.63) is 33.1 Å². The molecular weight excluding hydrogens is 350 g/mol. The van der Waals surface area contributed by atoms with E-state index in [-0.39, 0.29) is 16.2 Å². The van der Waals surface area contributed by atoms with Crippen LogP contribution >= 0.6 is 38.5 Å². The lowest BCUT2D eigenvalue weighted by Crippen LogP contribution is -2.12. The van der Waals surface area contributed by atoms with E-state index in [1.165, 1.54) is 6.07 Å². The third-order valence-electron chi connectivity index (χ3n) is 1.58. The number of alkyl halides is 1. The predicted molar refractivity (Wildman–Crippen MR) is 61.8 cm³/mol. The van der Waals surface area contributed by atoms with Crippen molar-refractivity contribution in [3.8, 4) is 0 Å². The van der Waals surface area contributed by atoms with Gasteiger partial charge in [-0.2, -0.15) is 0 Å². The second-order valence-corrected chi connectivity index (χ2v) is 5.12. The Morgan fingerprint density at radius 2 is 2.23 bits per heavy atom. The molecule has 0 fully saturated rings. The van der Waals surface area contributed by atoms with E-state index in [1.54, 1.807) is 19.1 Å². The fourth-order valence-corrected chi connectivity index (χ4v) is 1.65. The molecule has 1 aromatic carbocycles. The number of rotatable bonds is 2. The molecule has 0 heterocycles. The lowest BCUT2D eigenvalue weighted by atomic mass is 10.1. The molecule has 1 nitrogen and oxygen atoms in total. The summed E-state index contributed by atoms with van der Waals surface area (Å²) in [6.45, 7) is 1.68. The molecule has 0 aromatic heterocycles. The van der Waals surface area contributed by atoms with Crippen LogP contribution in [0.5, 0.6) is 0 Å². The molecular formula is C9H7BrFIO. The minimum atomic E-state index is -0.431. The molecule has 0 saturated carbocycles. The summed E-state index contributed by atoms with van der Waals surface area (Å²) in [6.07, 6.45) is 0. The number of halogens is 3. The number of carbonyl (C=O) groups is 1. The molecule has 1 unspecified atom stereocenters. The van der Waals surface area contributed by atoms with Crippen LogP contribution in [0.15, 0.2) is 18.2 Å². The van der Waals surface area contributed by atoms with E-state index in [0.717, 1.165) is 0 Å². The SMILES string of the molecule is CC(Br)C(=O)c1cccc(I)c1F. The molecule has 0 bridgehead atoms. The van der Waals surface area contributed by atoms with Crippen LogP contribution in [-0.2, 0) is 0 Å². The summed E-state index contributed by atoms with van der Waals surface area (Å²) in [6, 6.07) is 4.80. The Hall–Kier alpha value is 0.0300. The molecule has 1 rings (SSSR count). The second kappa shape index (κ2) is 4.50. The van der Waals surface area contributed by atoms with Crippen molar-refractivity contribution in [2.75, 3.05) is 0 Å². The quantitative estimate of drug-likeness (QED) is 0.451. The van der Waals surface area contributed by atoms with E-state index in [4.69, 9.17) is 0 Å². The molecule has 1 aromatic rings. The van der Waals surface area contributed by atoms with Crippen molar-refractivity contribution in [1.82, 2.24) is 0 Å². The molecule has 0 N–H and O–H groups in total. The Morgan fingerprint density at radius 3 is 2.77 bits per heavy atom. The second-order valence-electron chi connectivity index (χ2n) is 2.58. The molecule has 0 amide bonds. The maximum Gasteiger partial charge on any atom is 0.179 e. The van der Waals surface area contributed by atoms with Gasteiger partial charge in [-0.15, -0.1) is 0 Å². The summed E-state index contributed by atoms with van der Waals surface area (Å²) < 4.78 is 13.8. The van der Waals surface area contributed by atoms with E-state index in [9.17, 15) is 9.18 Å². The molecule has 1 atom stereocenters. The highest BCUT2D eigenvalue weighted by atomic mass is 127. The van der Waals surface area contributed by atoms with Crippen LogP contribution < -0.4 is 0 Å². The van der Waals surface area contributed by atoms with Crippen molar-refractivity contribution >= 4 is 44.3 Å². The largest absolute Gasteiger partial charge is 0.293 e. The number of benzene rings is 1. The lowest BCUT2D eigenvalue weighted by Gasteiger charge is -2.04. The molecule has 0 saturated heterocycles. The topological polar surface area (TPSA) is 17.1 Å². The van der Waals surface area contributed by atoms with Gasteiger partial charge in [0.1, 0.15) is 5.82 Å². The summed E-state index contributed by atoms with van der Waals surface area (Å²) in [5.74, 6) is -0.657. The first-order valence-corrected chi connectivity index (χ1v) is 5.65. The molecule has 13 heavy (non-hydrogen) atoms. The number of carbonyl (C=O) groups excluding carboxylic acids is 1. The Kier molecular flexibility index (Phi) is 3.85. The van der Waals surface area contributed by atoms with E-state index < -0.39 is 5.82 Å². The molecule has 0 aliphatic rings. The van der Waals surface area contributed by atoms with Crippen LogP contribution in [0.4, 0.5) is 4.39 Å². The first-order valence-electron chi connectivity index (χ1n) is 3.66. The van der Waals surface area contributed by atoms with E-state index in [2.05, 4.69) is 15.9 Å². The lowest BCUT2D eigenvalue weighted by molar-refractivity contribution is 0.0992. The normalized spacial score (nSPS) is 12.6. The van der Waals surface area contributed by atoms with Gasteiger partial charge in [-0.1, -0.05) is 22.0 Å². The minimum absolute atomic E-state index is 0.149. The van der Waals surface area contributed by atoms with Crippen molar-refractivity contribution in [3.63, 3.8) is 0 Å². The third-order valence-corrected chi connectivity index (χ3v) is 2.83. The molecule has 4 heteroatoms. The maximum atomic E-state index is 13.4. The first-order chi connectivity index (χ1) is 6.04. The van der Waals surface area contributed by atoms with Crippen molar-refractivity contribution in [1.29, 1.82) is 0 Å². The Morgan fingerprint density at radius 1 is 1.62 bits per heavy atom. The fourth-order valence-electron chi connectivity index (χ4n) is 0.908. The highest BCUT2D eigenvalue weighted by Crippen LogP contribution is 2.18. The zero-order valence-corrected chi connectivity index (χ0v) is 10.6. The number of ketones is 1. The summed E-state index contributed by atoms with van der Waals surface area (Å²) in [4.78, 5) is 11.1. The monoisotopic (exact) mass is 356 g/mol. The van der Waals surface area contributed by atoms with E-state index in [1.807, 2.05) is 22.6 Å². The fraction of sp³-hybridized carbons (Fsp3) is 0.222. The predicted octanol–water partition coefficient (Wildman–Crippen LogP) is 3.40. The molecule has 0 aliphatic heterocycles. The number of hydrogen-bond donors (Lipinski definition) is 0. The standard InChI is InChI=1S/C9H7BrFIO/c1-5(10)9(13)6-3-2-4-7(12)8(6)11/h2-5H,1H3. The van der Waals surface area contributed by atoms with Crippen molar-refractivity contribution in [2.24, 2.45) is 0 Å². The van der Waals surface area contributed by atoms with Gasteiger partial charge in [0.2, 0.25) is 0 Å². The van der Waals surface area contributed by atoms with Crippen LogP contribution in [0.25, 0.3) is 0 Å². The van der Waals surface area contributed by atoms with Crippen LogP contribution in [0.3, 0.4) is 0 Å². The highest BCUT2D eigenvalue weighted by Gasteiger charge is 2.17. The molecule has 0 aliphatic carbocycles. The minimum Gasteiger partial charge on any atom is -0.293 e. The van der Waals surface area contributed by atoms with Crippen LogP contribution in [0.1, 0.15) is 17.3 Å². The molecule has 0 radical (unpaired) electrons. The Bertz CT molecular complexity index is 338. The van der Waals surface area contributed by atoms with Gasteiger partial charge < -0.3 is 0 Å². The van der Waals surface area contributed by atoms with Gasteiger partial charge in [0.25, 0.3) is 0 Å². The highest BCUT2D eigenvalue weighted by molar-refractivity contribution is 14.1. The van der Waals surface area contributed by atoms with Gasteiger partial charge in [0, 0.05) is 3.57 Å². The van der Waals surface area contributed by atoms with Crippen LogP contribution in [0.2, 0.25) is 0 Å². The average molecular weight is 357 g/mol.